The summed E-state index contributed by atoms with van der Waals surface area (Å²) in [5, 5.41) is 9.47. The average Bonchev–Trinajstić information content (AvgIpc) is 3.16. The molecule has 26 heavy (non-hydrogen) atoms. The lowest BCUT2D eigenvalue weighted by Gasteiger charge is -2.27. The maximum atomic E-state index is 12.5. The highest BCUT2D eigenvalue weighted by atomic mass is 31.2. The average molecular weight is 390 g/mol. The Balaban J connectivity index is 1.89. The molecule has 1 aromatic rings. The van der Waals surface area contributed by atoms with E-state index in [2.05, 4.69) is 14.5 Å². The minimum absolute atomic E-state index is 0.0907. The number of nitrogens with two attached hydrogens (primary N) is 1. The van der Waals surface area contributed by atoms with Crippen molar-refractivity contribution in [1.29, 1.82) is 0 Å². The number of aliphatic imine (C=N–C) groups is 1. The van der Waals surface area contributed by atoms with Crippen molar-refractivity contribution in [3.63, 3.8) is 0 Å². The van der Waals surface area contributed by atoms with E-state index >= 15 is 0 Å². The van der Waals surface area contributed by atoms with Crippen LogP contribution in [0.4, 0.5) is 5.82 Å². The van der Waals surface area contributed by atoms with E-state index in [4.69, 9.17) is 15.0 Å². The van der Waals surface area contributed by atoms with Crippen molar-refractivity contribution in [2.24, 2.45) is 10.7 Å². The van der Waals surface area contributed by atoms with Crippen molar-refractivity contribution in [2.75, 3.05) is 27.8 Å². The summed E-state index contributed by atoms with van der Waals surface area (Å²) in [6, 6.07) is 0. The fourth-order valence-corrected chi connectivity index (χ4v) is 3.44. The lowest BCUT2D eigenvalue weighted by atomic mass is 10.2. The van der Waals surface area contributed by atoms with E-state index in [9.17, 15) is 19.4 Å². The monoisotopic (exact) mass is 390 g/mol. The van der Waals surface area contributed by atoms with Crippen LogP contribution < -0.4 is 5.73 Å². The van der Waals surface area contributed by atoms with E-state index in [1.165, 1.54) is 10.9 Å². The van der Waals surface area contributed by atoms with Gasteiger partial charge in [-0.05, 0) is 0 Å². The standard InChI is InChI=1S/C13H20N5O7P/c1-18(2)12(20)10-11(16-13(18)14)17(6-15-10)9-4-7(8(5-19)24-9)25-26(21,22)23-3/h6-9,19H,4-5H2,1-3H3,(H2-,14,16,20,21,22)/p+1. The van der Waals surface area contributed by atoms with Gasteiger partial charge in [0.2, 0.25) is 5.69 Å². The van der Waals surface area contributed by atoms with Crippen LogP contribution in [0.5, 0.6) is 0 Å². The molecule has 4 unspecified atom stereocenters. The first-order valence-electron chi connectivity index (χ1n) is 7.74. The molecule has 0 bridgehead atoms. The van der Waals surface area contributed by atoms with E-state index in [0.717, 1.165) is 7.11 Å². The summed E-state index contributed by atoms with van der Waals surface area (Å²) in [6.45, 7) is -0.434. The van der Waals surface area contributed by atoms with Gasteiger partial charge >= 0.3 is 19.7 Å². The number of ether oxygens (including phenoxy) is 1. The minimum atomic E-state index is -4.26. The summed E-state index contributed by atoms with van der Waals surface area (Å²) in [7, 11) is -0.0144. The number of rotatable bonds is 5. The Kier molecular flexibility index (Phi) is 4.78. The molecule has 3 rings (SSSR count). The maximum absolute atomic E-state index is 12.5. The molecule has 3 heterocycles. The van der Waals surface area contributed by atoms with Crippen molar-refractivity contribution in [1.82, 2.24) is 9.55 Å². The van der Waals surface area contributed by atoms with Gasteiger partial charge in [-0.3, -0.25) is 13.6 Å². The second-order valence-corrected chi connectivity index (χ2v) is 7.91. The van der Waals surface area contributed by atoms with Gasteiger partial charge < -0.3 is 20.5 Å². The summed E-state index contributed by atoms with van der Waals surface area (Å²) >= 11 is 0. The van der Waals surface area contributed by atoms with Crippen molar-refractivity contribution in [3.05, 3.63) is 12.0 Å². The number of carbonyl (C=O) groups is 1. The number of aromatic nitrogens is 2. The largest absolute Gasteiger partial charge is 0.472 e. The molecule has 2 aliphatic heterocycles. The first-order chi connectivity index (χ1) is 12.1. The van der Waals surface area contributed by atoms with E-state index in [0.29, 0.717) is 0 Å². The quantitative estimate of drug-likeness (QED) is 0.444. The molecule has 4 N–H and O–H groups in total. The van der Waals surface area contributed by atoms with Gasteiger partial charge in [0.1, 0.15) is 18.4 Å². The number of quaternary nitrogens is 1. The number of phosphoric acid groups is 1. The number of aliphatic hydroxyl groups excluding tert-OH is 1. The molecule has 4 atom stereocenters. The van der Waals surface area contributed by atoms with Crippen molar-refractivity contribution >= 4 is 25.5 Å². The van der Waals surface area contributed by atoms with Crippen LogP contribution in [0, 0.1) is 0 Å². The molecule has 2 aliphatic rings. The number of aliphatic hydroxyl groups is 1. The molecular formula is C13H21N5O7P+. The summed E-state index contributed by atoms with van der Waals surface area (Å²) in [6.07, 6.45) is -0.985. The number of phosphoric ester groups is 1. The smallest absolute Gasteiger partial charge is 0.394 e. The molecule has 0 aliphatic carbocycles. The third kappa shape index (κ3) is 3.09. The van der Waals surface area contributed by atoms with Crippen LogP contribution in [0.3, 0.4) is 0 Å². The van der Waals surface area contributed by atoms with Crippen molar-refractivity contribution in [3.8, 4) is 0 Å². The van der Waals surface area contributed by atoms with E-state index in [1.807, 2.05) is 0 Å². The number of amides is 1. The van der Waals surface area contributed by atoms with Crippen LogP contribution in [0.1, 0.15) is 23.1 Å². The van der Waals surface area contributed by atoms with Crippen molar-refractivity contribution < 1.29 is 37.6 Å². The predicted octanol–water partition coefficient (Wildman–Crippen LogP) is -0.529. The summed E-state index contributed by atoms with van der Waals surface area (Å²) in [4.78, 5) is 30.4. The summed E-state index contributed by atoms with van der Waals surface area (Å²) in [5.74, 6) is -0.00536. The predicted molar refractivity (Wildman–Crippen MR) is 87.3 cm³/mol. The van der Waals surface area contributed by atoms with Crippen LogP contribution in [-0.4, -0.2) is 75.9 Å². The zero-order valence-electron chi connectivity index (χ0n) is 14.5. The fourth-order valence-electron chi connectivity index (χ4n) is 2.79. The molecule has 12 nitrogen and oxygen atoms in total. The fraction of sp³-hybridized carbons (Fsp3) is 0.615. The molecule has 0 spiro atoms. The Hall–Kier alpha value is -1.66. The van der Waals surface area contributed by atoms with Gasteiger partial charge in [-0.2, -0.15) is 9.48 Å². The highest BCUT2D eigenvalue weighted by Gasteiger charge is 2.45. The maximum Gasteiger partial charge on any atom is 0.472 e. The number of carbonyl (C=O) groups excluding carboxylic acids is 1. The number of guanidine groups is 1. The van der Waals surface area contributed by atoms with Crippen LogP contribution >= 0.6 is 7.82 Å². The van der Waals surface area contributed by atoms with Crippen molar-refractivity contribution in [2.45, 2.75) is 24.9 Å². The summed E-state index contributed by atoms with van der Waals surface area (Å²) < 4.78 is 28.0. The van der Waals surface area contributed by atoms with E-state index in [1.54, 1.807) is 14.1 Å². The molecule has 1 amide bonds. The van der Waals surface area contributed by atoms with Gasteiger partial charge in [0.25, 0.3) is 0 Å². The molecule has 1 fully saturated rings. The lowest BCUT2D eigenvalue weighted by molar-refractivity contribution is -0.712. The summed E-state index contributed by atoms with van der Waals surface area (Å²) in [5.41, 5.74) is 6.04. The van der Waals surface area contributed by atoms with Crippen LogP contribution in [0.25, 0.3) is 0 Å². The first kappa shape index (κ1) is 19.1. The molecule has 1 aromatic heterocycles. The van der Waals surface area contributed by atoms with E-state index in [-0.39, 0.29) is 34.3 Å². The third-order valence-corrected chi connectivity index (χ3v) is 5.44. The normalized spacial score (nSPS) is 30.0. The highest BCUT2D eigenvalue weighted by Crippen LogP contribution is 2.48. The highest BCUT2D eigenvalue weighted by molar-refractivity contribution is 7.47. The zero-order chi connectivity index (χ0) is 19.3. The Morgan fingerprint density at radius 2 is 2.23 bits per heavy atom. The van der Waals surface area contributed by atoms with Crippen LogP contribution in [0.2, 0.25) is 0 Å². The first-order valence-corrected chi connectivity index (χ1v) is 9.24. The molecule has 144 valence electrons. The molecule has 0 saturated carbocycles. The molecule has 0 aromatic carbocycles. The minimum Gasteiger partial charge on any atom is -0.394 e. The number of nitrogens with zero attached hydrogens (tertiary/aromatic N) is 4. The zero-order valence-corrected chi connectivity index (χ0v) is 15.4. The Labute approximate surface area is 149 Å². The van der Waals surface area contributed by atoms with Gasteiger partial charge in [0.15, 0.2) is 5.82 Å². The molecule has 13 heteroatoms. The van der Waals surface area contributed by atoms with Gasteiger partial charge in [-0.1, -0.05) is 0 Å². The number of fused-ring (bicyclic) bond motifs is 1. The van der Waals surface area contributed by atoms with Gasteiger partial charge in [-0.25, -0.2) is 14.3 Å². The third-order valence-electron chi connectivity index (χ3n) is 4.44. The molecule has 1 saturated heterocycles. The SMILES string of the molecule is COP(=O)(O)OC1CC(n2cnc3c2N=C(N)[N+](C)(C)C3=O)OC1CO. The Morgan fingerprint density at radius 3 is 2.85 bits per heavy atom. The number of hydrogen-bond donors (Lipinski definition) is 3. The number of hydrogen-bond acceptors (Lipinski definition) is 9. The Morgan fingerprint density at radius 1 is 1.54 bits per heavy atom. The van der Waals surface area contributed by atoms with Crippen LogP contribution in [0.15, 0.2) is 11.3 Å². The lowest BCUT2D eigenvalue weighted by Crippen LogP contribution is -2.56. The van der Waals surface area contributed by atoms with Gasteiger partial charge in [0, 0.05) is 13.5 Å². The molecular weight excluding hydrogens is 369 g/mol. The Bertz CT molecular complexity index is 807. The van der Waals surface area contributed by atoms with E-state index < -0.39 is 32.9 Å². The van der Waals surface area contributed by atoms with Gasteiger partial charge in [0.05, 0.1) is 27.0 Å². The topological polar surface area (TPSA) is 158 Å². The van der Waals surface area contributed by atoms with Crippen LogP contribution in [-0.2, 0) is 18.3 Å². The second-order valence-electron chi connectivity index (χ2n) is 6.40. The molecule has 0 radical (unpaired) electrons. The van der Waals surface area contributed by atoms with Gasteiger partial charge in [-0.15, -0.1) is 0 Å². The number of imidazole rings is 1. The second kappa shape index (κ2) is 6.50.